The second kappa shape index (κ2) is 6.17. The van der Waals surface area contributed by atoms with E-state index in [0.717, 1.165) is 31.6 Å². The van der Waals surface area contributed by atoms with Crippen LogP contribution in [0.5, 0.6) is 0 Å². The smallest absolute Gasteiger partial charge is 0.135 e. The number of nitrogens with zero attached hydrogens (tertiary/aromatic N) is 1. The normalized spacial score (nSPS) is 50.7. The zero-order valence-corrected chi connectivity index (χ0v) is 17.3. The Bertz CT molecular complexity index is 626. The van der Waals surface area contributed by atoms with E-state index in [2.05, 4.69) is 38.9 Å². The van der Waals surface area contributed by atoms with E-state index >= 15 is 0 Å². The zero-order valence-electron chi connectivity index (χ0n) is 17.3. The first-order valence-corrected chi connectivity index (χ1v) is 10.7. The van der Waals surface area contributed by atoms with Crippen molar-refractivity contribution in [3.63, 3.8) is 0 Å². The van der Waals surface area contributed by atoms with Crippen molar-refractivity contribution in [1.82, 2.24) is 4.90 Å². The second-order valence-electron chi connectivity index (χ2n) is 10.6. The van der Waals surface area contributed by atoms with E-state index in [-0.39, 0.29) is 22.9 Å². The second-order valence-corrected chi connectivity index (χ2v) is 10.6. The highest BCUT2D eigenvalue weighted by Gasteiger charge is 2.62. The number of ketones is 1. The third kappa shape index (κ3) is 2.49. The van der Waals surface area contributed by atoms with Crippen molar-refractivity contribution in [2.24, 2.45) is 34.5 Å². The summed E-state index contributed by atoms with van der Waals surface area (Å²) in [6.45, 7) is 6.73. The molecule has 0 aromatic rings. The molecular weight excluding hydrogens is 322 g/mol. The quantitative estimate of drug-likeness (QED) is 0.756. The highest BCUT2D eigenvalue weighted by Crippen LogP contribution is 2.66. The van der Waals surface area contributed by atoms with Crippen molar-refractivity contribution in [2.45, 2.75) is 77.9 Å². The molecule has 0 amide bonds. The maximum atomic E-state index is 12.6. The van der Waals surface area contributed by atoms with Crippen LogP contribution in [0.4, 0.5) is 0 Å². The van der Waals surface area contributed by atoms with Crippen LogP contribution in [0.3, 0.4) is 0 Å². The van der Waals surface area contributed by atoms with Crippen LogP contribution in [0.2, 0.25) is 0 Å². The van der Waals surface area contributed by atoms with Crippen LogP contribution in [0.25, 0.3) is 0 Å². The fourth-order valence-electron chi connectivity index (χ4n) is 7.90. The van der Waals surface area contributed by atoms with Gasteiger partial charge in [-0.05, 0) is 94.5 Å². The van der Waals surface area contributed by atoms with Crippen LogP contribution in [0.1, 0.15) is 65.7 Å². The first kappa shape index (κ1) is 18.7. The molecule has 146 valence electrons. The Labute approximate surface area is 159 Å². The number of allylic oxidation sites excluding steroid dienone is 1. The molecule has 0 aromatic heterocycles. The largest absolute Gasteiger partial charge is 0.393 e. The molecule has 0 saturated heterocycles. The molecular formula is C23H37NO2. The molecule has 0 radical (unpaired) electrons. The summed E-state index contributed by atoms with van der Waals surface area (Å²) in [5, 5.41) is 10.2. The van der Waals surface area contributed by atoms with Gasteiger partial charge in [0, 0.05) is 12.0 Å². The highest BCUT2D eigenvalue weighted by atomic mass is 16.3. The van der Waals surface area contributed by atoms with Crippen LogP contribution in [-0.2, 0) is 4.79 Å². The summed E-state index contributed by atoms with van der Waals surface area (Å²) in [6, 6.07) is 0.396. The highest BCUT2D eigenvalue weighted by molar-refractivity contribution is 5.80. The van der Waals surface area contributed by atoms with Gasteiger partial charge >= 0.3 is 0 Å². The van der Waals surface area contributed by atoms with E-state index < -0.39 is 0 Å². The summed E-state index contributed by atoms with van der Waals surface area (Å²) < 4.78 is 0. The molecule has 4 aliphatic carbocycles. The lowest BCUT2D eigenvalue weighted by Crippen LogP contribution is -2.51. The molecule has 0 spiro atoms. The number of hydrogen-bond acceptors (Lipinski definition) is 3. The molecule has 8 atom stereocenters. The molecule has 0 aliphatic heterocycles. The third-order valence-corrected chi connectivity index (χ3v) is 9.21. The average Bonchev–Trinajstić information content (AvgIpc) is 2.89. The number of aliphatic hydroxyl groups excluding tert-OH is 1. The molecule has 3 nitrogen and oxygen atoms in total. The molecule has 3 heteroatoms. The molecule has 4 aliphatic rings. The van der Waals surface area contributed by atoms with E-state index in [1.54, 1.807) is 0 Å². The maximum Gasteiger partial charge on any atom is 0.135 e. The van der Waals surface area contributed by atoms with Gasteiger partial charge in [-0.3, -0.25) is 4.79 Å². The summed E-state index contributed by atoms with van der Waals surface area (Å²) in [5.41, 5.74) is 1.98. The van der Waals surface area contributed by atoms with Gasteiger partial charge in [-0.1, -0.05) is 25.5 Å². The van der Waals surface area contributed by atoms with Crippen LogP contribution in [-0.4, -0.2) is 42.0 Å². The van der Waals surface area contributed by atoms with Gasteiger partial charge in [-0.25, -0.2) is 0 Å². The number of aliphatic hydroxyl groups is 1. The van der Waals surface area contributed by atoms with Crippen molar-refractivity contribution in [3.8, 4) is 0 Å². The SMILES string of the molecule is CC(=O)[C@H]1[C@H](N(C)C)C[C@H]2[C@H]3CC=C4C[C@@H](O)CC[C@]4(C)[C@@H]3CC[C@@]21C. The van der Waals surface area contributed by atoms with Crippen molar-refractivity contribution in [2.75, 3.05) is 14.1 Å². The molecule has 3 fully saturated rings. The zero-order chi connectivity index (χ0) is 18.9. The Morgan fingerprint density at radius 1 is 1.19 bits per heavy atom. The fourth-order valence-corrected chi connectivity index (χ4v) is 7.90. The number of hydrogen-bond donors (Lipinski definition) is 1. The topological polar surface area (TPSA) is 40.5 Å². The van der Waals surface area contributed by atoms with E-state index in [4.69, 9.17) is 0 Å². The lowest BCUT2D eigenvalue weighted by atomic mass is 9.47. The third-order valence-electron chi connectivity index (χ3n) is 9.21. The van der Waals surface area contributed by atoms with Crippen LogP contribution in [0.15, 0.2) is 11.6 Å². The molecule has 1 N–H and O–H groups in total. The molecule has 0 unspecified atom stereocenters. The predicted octanol–water partition coefficient (Wildman–Crippen LogP) is 4.06. The van der Waals surface area contributed by atoms with Gasteiger partial charge in [-0.15, -0.1) is 0 Å². The number of carbonyl (C=O) groups excluding carboxylic acids is 1. The van der Waals surface area contributed by atoms with E-state index in [9.17, 15) is 9.90 Å². The van der Waals surface area contributed by atoms with Crippen LogP contribution >= 0.6 is 0 Å². The molecule has 0 aromatic carbocycles. The van der Waals surface area contributed by atoms with Crippen LogP contribution < -0.4 is 0 Å². The molecule has 26 heavy (non-hydrogen) atoms. The first-order chi connectivity index (χ1) is 12.2. The minimum absolute atomic E-state index is 0.133. The lowest BCUT2D eigenvalue weighted by Gasteiger charge is -2.57. The Hall–Kier alpha value is -0.670. The molecule has 3 saturated carbocycles. The van der Waals surface area contributed by atoms with Gasteiger partial charge in [-0.2, -0.15) is 0 Å². The van der Waals surface area contributed by atoms with Gasteiger partial charge in [0.15, 0.2) is 0 Å². The van der Waals surface area contributed by atoms with Gasteiger partial charge in [0.05, 0.1) is 6.10 Å². The number of carbonyl (C=O) groups is 1. The van der Waals surface area contributed by atoms with Crippen molar-refractivity contribution in [3.05, 3.63) is 11.6 Å². The molecule has 0 bridgehead atoms. The van der Waals surface area contributed by atoms with E-state index in [1.165, 1.54) is 24.8 Å². The number of rotatable bonds is 2. The Morgan fingerprint density at radius 3 is 2.58 bits per heavy atom. The minimum Gasteiger partial charge on any atom is -0.393 e. The van der Waals surface area contributed by atoms with Gasteiger partial charge in [0.25, 0.3) is 0 Å². The molecule has 4 rings (SSSR count). The lowest BCUT2D eigenvalue weighted by molar-refractivity contribution is -0.129. The Balaban J connectivity index is 1.69. The minimum atomic E-state index is -0.133. The van der Waals surface area contributed by atoms with Gasteiger partial charge in [0.1, 0.15) is 5.78 Å². The fraction of sp³-hybridized carbons (Fsp3) is 0.870. The maximum absolute atomic E-state index is 12.6. The Morgan fingerprint density at radius 2 is 1.92 bits per heavy atom. The van der Waals surface area contributed by atoms with Crippen molar-refractivity contribution in [1.29, 1.82) is 0 Å². The van der Waals surface area contributed by atoms with Gasteiger partial charge in [0.2, 0.25) is 0 Å². The summed E-state index contributed by atoms with van der Waals surface area (Å²) in [7, 11) is 4.31. The molecule has 0 heterocycles. The summed E-state index contributed by atoms with van der Waals surface area (Å²) in [5.74, 6) is 2.69. The van der Waals surface area contributed by atoms with E-state index in [0.29, 0.717) is 23.7 Å². The predicted molar refractivity (Wildman–Crippen MR) is 105 cm³/mol. The summed E-state index contributed by atoms with van der Waals surface area (Å²) in [6.07, 6.45) is 10.1. The standard InChI is InChI=1S/C23H37NO2/c1-14(25)21-20(24(4)5)13-19-17-7-6-15-12-16(26)8-10-22(15,2)18(17)9-11-23(19,21)3/h6,16-21,26H,7-13H2,1-5H3/t16-,17-,18+,19-,20+,21-,22-,23-/m0/s1. The van der Waals surface area contributed by atoms with Crippen LogP contribution in [0, 0.1) is 34.5 Å². The van der Waals surface area contributed by atoms with Crippen molar-refractivity contribution >= 4 is 5.78 Å². The average molecular weight is 360 g/mol. The summed E-state index contributed by atoms with van der Waals surface area (Å²) >= 11 is 0. The number of fused-ring (bicyclic) bond motifs is 5. The Kier molecular flexibility index (Phi) is 4.43. The number of Topliss-reactive ketones (excluding diaryl/α,β-unsaturated/α-hetero) is 1. The first-order valence-electron chi connectivity index (χ1n) is 10.7. The van der Waals surface area contributed by atoms with E-state index in [1.807, 2.05) is 6.92 Å². The van der Waals surface area contributed by atoms with Crippen molar-refractivity contribution < 1.29 is 9.90 Å². The monoisotopic (exact) mass is 359 g/mol. The van der Waals surface area contributed by atoms with Gasteiger partial charge < -0.3 is 10.0 Å². The summed E-state index contributed by atoms with van der Waals surface area (Å²) in [4.78, 5) is 15.0.